The van der Waals surface area contributed by atoms with E-state index in [0.29, 0.717) is 17.5 Å². The molecule has 0 saturated carbocycles. The lowest BCUT2D eigenvalue weighted by Gasteiger charge is -2.09. The summed E-state index contributed by atoms with van der Waals surface area (Å²) in [6.45, 7) is 0. The molecule has 0 radical (unpaired) electrons. The molecule has 0 unspecified atom stereocenters. The first-order valence-electron chi connectivity index (χ1n) is 18.8. The minimum atomic E-state index is 0.599. The molecule has 262 valence electrons. The number of para-hydroxylation sites is 3. The molecule has 11 aromatic rings. The molecule has 0 atom stereocenters. The molecule has 3 heterocycles. The first kappa shape index (κ1) is 31.9. The second kappa shape index (κ2) is 13.0. The second-order valence-electron chi connectivity index (χ2n) is 14.0. The Morgan fingerprint density at radius 2 is 0.911 bits per heavy atom. The van der Waals surface area contributed by atoms with Crippen LogP contribution in [-0.2, 0) is 0 Å². The van der Waals surface area contributed by atoms with E-state index in [0.717, 1.165) is 66.6 Å². The second-order valence-corrected chi connectivity index (χ2v) is 14.0. The first-order valence-corrected chi connectivity index (χ1v) is 18.8. The Kier molecular flexibility index (Phi) is 7.42. The molecule has 0 saturated heterocycles. The fourth-order valence-electron chi connectivity index (χ4n) is 8.06. The van der Waals surface area contributed by atoms with E-state index in [4.69, 9.17) is 19.4 Å². The van der Waals surface area contributed by atoms with Gasteiger partial charge >= 0.3 is 0 Å². The van der Waals surface area contributed by atoms with Crippen LogP contribution in [0.4, 0.5) is 0 Å². The van der Waals surface area contributed by atoms with E-state index in [-0.39, 0.29) is 0 Å². The number of hydrogen-bond acceptors (Lipinski definition) is 4. The molecule has 0 aliphatic heterocycles. The molecule has 11 rings (SSSR count). The van der Waals surface area contributed by atoms with Crippen molar-refractivity contribution < 1.29 is 4.42 Å². The normalized spacial score (nSPS) is 11.6. The van der Waals surface area contributed by atoms with E-state index in [9.17, 15) is 0 Å². The SMILES string of the molecule is c1ccc(-c2nc(-c3ccccc3)nc(-c3cccc4oc5c(-c6cccc(-c7ccc8c(c7)c7ccccc7n8-c7ccccc7)c6)cccc5c34)n2)cc1. The number of hydrogen-bond donors (Lipinski definition) is 0. The maximum absolute atomic E-state index is 6.75. The van der Waals surface area contributed by atoms with Crippen LogP contribution in [0.1, 0.15) is 0 Å². The maximum Gasteiger partial charge on any atom is 0.164 e. The fraction of sp³-hybridized carbons (Fsp3) is 0. The summed E-state index contributed by atoms with van der Waals surface area (Å²) in [5.41, 5.74) is 12.3. The minimum Gasteiger partial charge on any atom is -0.455 e. The van der Waals surface area contributed by atoms with Crippen LogP contribution in [0.15, 0.2) is 199 Å². The number of rotatable bonds is 6. The molecule has 5 nitrogen and oxygen atoms in total. The monoisotopic (exact) mass is 716 g/mol. The fourth-order valence-corrected chi connectivity index (χ4v) is 8.06. The molecule has 0 N–H and O–H groups in total. The summed E-state index contributed by atoms with van der Waals surface area (Å²) in [7, 11) is 0. The third kappa shape index (κ3) is 5.29. The summed E-state index contributed by atoms with van der Waals surface area (Å²) in [5, 5.41) is 4.45. The predicted molar refractivity (Wildman–Crippen MR) is 229 cm³/mol. The van der Waals surface area contributed by atoms with Gasteiger partial charge in [0.05, 0.1) is 11.0 Å². The van der Waals surface area contributed by atoms with Crippen molar-refractivity contribution >= 4 is 43.7 Å². The summed E-state index contributed by atoms with van der Waals surface area (Å²) in [6.07, 6.45) is 0. The topological polar surface area (TPSA) is 56.7 Å². The summed E-state index contributed by atoms with van der Waals surface area (Å²) in [6, 6.07) is 67.4. The van der Waals surface area contributed by atoms with Crippen molar-refractivity contribution in [3.63, 3.8) is 0 Å². The molecule has 0 spiro atoms. The van der Waals surface area contributed by atoms with Crippen molar-refractivity contribution in [1.82, 2.24) is 19.5 Å². The Labute approximate surface area is 322 Å². The zero-order valence-electron chi connectivity index (χ0n) is 30.2. The molecule has 0 aliphatic carbocycles. The molecular weight excluding hydrogens is 685 g/mol. The van der Waals surface area contributed by atoms with E-state index in [1.54, 1.807) is 0 Å². The third-order valence-corrected chi connectivity index (χ3v) is 10.7. The standard InChI is InChI=1S/C51H32N4O/c1-4-15-33(16-5-1)49-52-50(34-17-6-2-7-18-34)54-51(53-49)42-26-14-28-46-47(42)41-25-13-24-39(48(41)56-46)37-20-12-19-35(31-37)36-29-30-45-43(32-36)40-23-10-11-27-44(40)55(45)38-21-8-3-9-22-38/h1-32H. The Hall–Kier alpha value is -7.63. The van der Waals surface area contributed by atoms with Crippen molar-refractivity contribution in [3.8, 4) is 62.1 Å². The number of fused-ring (bicyclic) bond motifs is 6. The largest absolute Gasteiger partial charge is 0.455 e. The highest BCUT2D eigenvalue weighted by Crippen LogP contribution is 2.41. The van der Waals surface area contributed by atoms with Gasteiger partial charge in [-0.2, -0.15) is 0 Å². The summed E-state index contributed by atoms with van der Waals surface area (Å²) in [5.74, 6) is 1.85. The van der Waals surface area contributed by atoms with E-state index < -0.39 is 0 Å². The molecule has 3 aromatic heterocycles. The molecule has 8 aromatic carbocycles. The van der Waals surface area contributed by atoms with Gasteiger partial charge in [-0.05, 0) is 59.2 Å². The predicted octanol–water partition coefficient (Wildman–Crippen LogP) is 13.2. The zero-order chi connectivity index (χ0) is 37.0. The van der Waals surface area contributed by atoms with Crippen LogP contribution in [0.5, 0.6) is 0 Å². The molecule has 56 heavy (non-hydrogen) atoms. The highest BCUT2D eigenvalue weighted by molar-refractivity contribution is 6.15. The van der Waals surface area contributed by atoms with E-state index in [1.807, 2.05) is 72.8 Å². The van der Waals surface area contributed by atoms with Crippen LogP contribution in [0.25, 0.3) is 106 Å². The lowest BCUT2D eigenvalue weighted by atomic mass is 9.96. The van der Waals surface area contributed by atoms with Gasteiger partial charge in [0.25, 0.3) is 0 Å². The van der Waals surface area contributed by atoms with Crippen LogP contribution in [0, 0.1) is 0 Å². The van der Waals surface area contributed by atoms with Crippen molar-refractivity contribution in [1.29, 1.82) is 0 Å². The number of aromatic nitrogens is 4. The number of benzene rings is 8. The Bertz CT molecular complexity index is 3180. The van der Waals surface area contributed by atoms with Crippen molar-refractivity contribution in [3.05, 3.63) is 194 Å². The molecular formula is C51H32N4O. The van der Waals surface area contributed by atoms with Crippen LogP contribution in [-0.4, -0.2) is 19.5 Å². The van der Waals surface area contributed by atoms with E-state index in [1.165, 1.54) is 21.8 Å². The van der Waals surface area contributed by atoms with Gasteiger partial charge in [0.15, 0.2) is 17.5 Å². The van der Waals surface area contributed by atoms with Gasteiger partial charge in [-0.15, -0.1) is 0 Å². The first-order chi connectivity index (χ1) is 27.8. The Balaban J connectivity index is 1.04. The number of furan rings is 1. The van der Waals surface area contributed by atoms with Gasteiger partial charge in [-0.3, -0.25) is 0 Å². The Morgan fingerprint density at radius 3 is 1.68 bits per heavy atom. The van der Waals surface area contributed by atoms with Gasteiger partial charge < -0.3 is 8.98 Å². The highest BCUT2D eigenvalue weighted by Gasteiger charge is 2.20. The van der Waals surface area contributed by atoms with Crippen LogP contribution in [0.3, 0.4) is 0 Å². The van der Waals surface area contributed by atoms with Gasteiger partial charge in [0, 0.05) is 49.5 Å². The quantitative estimate of drug-likeness (QED) is 0.172. The summed E-state index contributed by atoms with van der Waals surface area (Å²) >= 11 is 0. The lowest BCUT2D eigenvalue weighted by molar-refractivity contribution is 0.670. The van der Waals surface area contributed by atoms with Gasteiger partial charge in [-0.25, -0.2) is 15.0 Å². The van der Waals surface area contributed by atoms with Crippen molar-refractivity contribution in [2.75, 3.05) is 0 Å². The maximum atomic E-state index is 6.75. The van der Waals surface area contributed by atoms with E-state index in [2.05, 4.69) is 126 Å². The van der Waals surface area contributed by atoms with Gasteiger partial charge in [-0.1, -0.05) is 152 Å². The Morgan fingerprint density at radius 1 is 0.357 bits per heavy atom. The van der Waals surface area contributed by atoms with Gasteiger partial charge in [0.1, 0.15) is 11.2 Å². The molecule has 0 bridgehead atoms. The lowest BCUT2D eigenvalue weighted by Crippen LogP contribution is -2.00. The van der Waals surface area contributed by atoms with Crippen LogP contribution in [0.2, 0.25) is 0 Å². The molecule has 5 heteroatoms. The summed E-state index contributed by atoms with van der Waals surface area (Å²) in [4.78, 5) is 15.0. The van der Waals surface area contributed by atoms with Gasteiger partial charge in [0.2, 0.25) is 0 Å². The third-order valence-electron chi connectivity index (χ3n) is 10.7. The summed E-state index contributed by atoms with van der Waals surface area (Å²) < 4.78 is 9.10. The smallest absolute Gasteiger partial charge is 0.164 e. The minimum absolute atomic E-state index is 0.599. The van der Waals surface area contributed by atoms with Crippen LogP contribution >= 0.6 is 0 Å². The molecule has 0 amide bonds. The molecule has 0 aliphatic rings. The van der Waals surface area contributed by atoms with Crippen molar-refractivity contribution in [2.24, 2.45) is 0 Å². The average Bonchev–Trinajstić information content (AvgIpc) is 3.83. The molecule has 0 fully saturated rings. The average molecular weight is 717 g/mol. The van der Waals surface area contributed by atoms with Crippen molar-refractivity contribution in [2.45, 2.75) is 0 Å². The number of nitrogens with zero attached hydrogens (tertiary/aromatic N) is 4. The highest BCUT2D eigenvalue weighted by atomic mass is 16.3. The zero-order valence-corrected chi connectivity index (χ0v) is 30.2. The van der Waals surface area contributed by atoms with E-state index >= 15 is 0 Å². The van der Waals surface area contributed by atoms with Crippen LogP contribution < -0.4 is 0 Å².